The molecule has 0 heterocycles. The lowest BCUT2D eigenvalue weighted by molar-refractivity contribution is -0.153. The fraction of sp³-hybridized carbons (Fsp3) is 0.333. The Hall–Kier alpha value is -2.69. The van der Waals surface area contributed by atoms with Gasteiger partial charge in [-0.2, -0.15) is 0 Å². The quantitative estimate of drug-likeness (QED) is 0.766. The lowest BCUT2D eigenvalue weighted by Crippen LogP contribution is -2.38. The summed E-state index contributed by atoms with van der Waals surface area (Å²) in [5.41, 5.74) is 0.506. The van der Waals surface area contributed by atoms with Crippen molar-refractivity contribution in [3.63, 3.8) is 0 Å². The molecular formula is C21H22FNO3. The Balaban J connectivity index is 1.70. The second-order valence-electron chi connectivity index (χ2n) is 6.66. The molecule has 3 rings (SSSR count). The maximum absolute atomic E-state index is 13.6. The number of hydrogen-bond acceptors (Lipinski definition) is 3. The zero-order valence-corrected chi connectivity index (χ0v) is 14.8. The molecule has 0 atom stereocenters. The number of nitrogens with zero attached hydrogens (tertiary/aromatic N) is 1. The summed E-state index contributed by atoms with van der Waals surface area (Å²) in [6, 6.07) is 15.3. The Bertz CT molecular complexity index is 785. The van der Waals surface area contributed by atoms with Gasteiger partial charge in [0.15, 0.2) is 6.61 Å². The first-order valence-corrected chi connectivity index (χ1v) is 8.78. The third-order valence-corrected chi connectivity index (χ3v) is 5.07. The van der Waals surface area contributed by atoms with Gasteiger partial charge >= 0.3 is 5.97 Å². The van der Waals surface area contributed by atoms with Gasteiger partial charge in [-0.3, -0.25) is 9.59 Å². The molecule has 1 amide bonds. The first-order valence-electron chi connectivity index (χ1n) is 8.78. The van der Waals surface area contributed by atoms with Crippen molar-refractivity contribution in [1.82, 2.24) is 0 Å². The summed E-state index contributed by atoms with van der Waals surface area (Å²) in [7, 11) is 1.64. The smallest absolute Gasteiger partial charge is 0.317 e. The van der Waals surface area contributed by atoms with E-state index in [2.05, 4.69) is 0 Å². The van der Waals surface area contributed by atoms with Crippen LogP contribution in [0.2, 0.25) is 0 Å². The average Bonchev–Trinajstić information content (AvgIpc) is 3.17. The van der Waals surface area contributed by atoms with Crippen molar-refractivity contribution in [2.24, 2.45) is 0 Å². The minimum atomic E-state index is -0.853. The highest BCUT2D eigenvalue weighted by molar-refractivity contribution is 5.95. The number of hydrogen-bond donors (Lipinski definition) is 0. The number of para-hydroxylation sites is 1. The fourth-order valence-electron chi connectivity index (χ4n) is 3.53. The summed E-state index contributed by atoms with van der Waals surface area (Å²) in [5.74, 6) is -1.13. The van der Waals surface area contributed by atoms with Crippen LogP contribution in [-0.2, 0) is 19.7 Å². The van der Waals surface area contributed by atoms with Crippen LogP contribution in [0.5, 0.6) is 0 Å². The Labute approximate surface area is 152 Å². The van der Waals surface area contributed by atoms with Gasteiger partial charge < -0.3 is 9.64 Å². The number of amides is 1. The van der Waals surface area contributed by atoms with E-state index in [1.165, 1.54) is 17.0 Å². The molecule has 1 aliphatic rings. The van der Waals surface area contributed by atoms with Crippen LogP contribution in [0.15, 0.2) is 54.6 Å². The molecule has 26 heavy (non-hydrogen) atoms. The average molecular weight is 355 g/mol. The fourth-order valence-corrected chi connectivity index (χ4v) is 3.53. The van der Waals surface area contributed by atoms with Crippen molar-refractivity contribution in [2.45, 2.75) is 31.1 Å². The number of carbonyl (C=O) groups is 2. The maximum Gasteiger partial charge on any atom is 0.317 e. The van der Waals surface area contributed by atoms with E-state index < -0.39 is 11.4 Å². The van der Waals surface area contributed by atoms with Crippen LogP contribution in [0.4, 0.5) is 10.1 Å². The summed E-state index contributed by atoms with van der Waals surface area (Å²) >= 11 is 0. The normalized spacial score (nSPS) is 15.5. The summed E-state index contributed by atoms with van der Waals surface area (Å²) in [4.78, 5) is 26.6. The highest BCUT2D eigenvalue weighted by Crippen LogP contribution is 2.42. The molecule has 0 aromatic heterocycles. The molecule has 1 aliphatic carbocycles. The zero-order valence-electron chi connectivity index (χ0n) is 14.8. The van der Waals surface area contributed by atoms with Gasteiger partial charge in [0, 0.05) is 12.7 Å². The Kier molecular flexibility index (Phi) is 5.35. The lowest BCUT2D eigenvalue weighted by atomic mass is 9.79. The van der Waals surface area contributed by atoms with Crippen LogP contribution in [0.3, 0.4) is 0 Å². The van der Waals surface area contributed by atoms with E-state index in [1.54, 1.807) is 19.2 Å². The first-order chi connectivity index (χ1) is 12.5. The number of carbonyl (C=O) groups excluding carboxylic acids is 2. The standard InChI is InChI=1S/C21H22FNO3/c1-23(18-10-3-2-4-11-18)19(24)15-26-20(25)21(12-5-6-13-21)16-8-7-9-17(22)14-16/h2-4,7-11,14H,5-6,12-13,15H2,1H3. The molecule has 4 nitrogen and oxygen atoms in total. The van der Waals surface area contributed by atoms with Gasteiger partial charge in [-0.05, 0) is 42.7 Å². The molecule has 0 unspecified atom stereocenters. The van der Waals surface area contributed by atoms with Gasteiger partial charge in [-0.25, -0.2) is 4.39 Å². The third-order valence-electron chi connectivity index (χ3n) is 5.07. The molecule has 0 bridgehead atoms. The molecule has 2 aromatic carbocycles. The van der Waals surface area contributed by atoms with Gasteiger partial charge in [-0.1, -0.05) is 43.2 Å². The Morgan fingerprint density at radius 2 is 1.77 bits per heavy atom. The zero-order chi connectivity index (χ0) is 18.6. The monoisotopic (exact) mass is 355 g/mol. The van der Waals surface area contributed by atoms with Gasteiger partial charge in [0.05, 0.1) is 5.41 Å². The van der Waals surface area contributed by atoms with Gasteiger partial charge in [0.2, 0.25) is 0 Å². The topological polar surface area (TPSA) is 46.6 Å². The van der Waals surface area contributed by atoms with Crippen molar-refractivity contribution < 1.29 is 18.7 Å². The van der Waals surface area contributed by atoms with Gasteiger partial charge in [0.25, 0.3) is 5.91 Å². The number of halogens is 1. The lowest BCUT2D eigenvalue weighted by Gasteiger charge is -2.27. The van der Waals surface area contributed by atoms with Crippen LogP contribution in [0.1, 0.15) is 31.2 Å². The molecular weight excluding hydrogens is 333 g/mol. The van der Waals surface area contributed by atoms with E-state index in [4.69, 9.17) is 4.74 Å². The summed E-state index contributed by atoms with van der Waals surface area (Å²) < 4.78 is 19.0. The highest BCUT2D eigenvalue weighted by Gasteiger charge is 2.44. The molecule has 136 valence electrons. The van der Waals surface area contributed by atoms with E-state index in [9.17, 15) is 14.0 Å². The van der Waals surface area contributed by atoms with Crippen molar-refractivity contribution in [3.05, 3.63) is 66.0 Å². The van der Waals surface area contributed by atoms with E-state index in [0.717, 1.165) is 18.5 Å². The van der Waals surface area contributed by atoms with Crippen LogP contribution in [0, 0.1) is 5.82 Å². The summed E-state index contributed by atoms with van der Waals surface area (Å²) in [6.45, 7) is -0.332. The van der Waals surface area contributed by atoms with Crippen molar-refractivity contribution >= 4 is 17.6 Å². The van der Waals surface area contributed by atoms with E-state index in [1.807, 2.05) is 30.3 Å². The van der Waals surface area contributed by atoms with Gasteiger partial charge in [-0.15, -0.1) is 0 Å². The molecule has 1 saturated carbocycles. The van der Waals surface area contributed by atoms with Crippen LogP contribution >= 0.6 is 0 Å². The van der Waals surface area contributed by atoms with Crippen LogP contribution < -0.4 is 4.90 Å². The van der Waals surface area contributed by atoms with Crippen molar-refractivity contribution in [3.8, 4) is 0 Å². The number of benzene rings is 2. The number of likely N-dealkylation sites (N-methyl/N-ethyl adjacent to an activating group) is 1. The van der Waals surface area contributed by atoms with Crippen LogP contribution in [0.25, 0.3) is 0 Å². The minimum Gasteiger partial charge on any atom is -0.455 e. The van der Waals surface area contributed by atoms with Crippen molar-refractivity contribution in [1.29, 1.82) is 0 Å². The SMILES string of the molecule is CN(C(=O)COC(=O)C1(c2cccc(F)c2)CCCC1)c1ccccc1. The second-order valence-corrected chi connectivity index (χ2v) is 6.66. The number of anilines is 1. The molecule has 1 fully saturated rings. The number of ether oxygens (including phenoxy) is 1. The first kappa shape index (κ1) is 18.1. The Morgan fingerprint density at radius 1 is 1.08 bits per heavy atom. The summed E-state index contributed by atoms with van der Waals surface area (Å²) in [5, 5.41) is 0. The molecule has 0 radical (unpaired) electrons. The Morgan fingerprint density at radius 3 is 2.42 bits per heavy atom. The number of rotatable bonds is 5. The van der Waals surface area contributed by atoms with E-state index in [-0.39, 0.29) is 18.3 Å². The molecule has 0 N–H and O–H groups in total. The molecule has 5 heteroatoms. The van der Waals surface area contributed by atoms with Crippen LogP contribution in [-0.4, -0.2) is 25.5 Å². The maximum atomic E-state index is 13.6. The predicted molar refractivity (Wildman–Crippen MR) is 97.4 cm³/mol. The molecule has 2 aromatic rings. The summed E-state index contributed by atoms with van der Waals surface area (Å²) in [6.07, 6.45) is 2.98. The van der Waals surface area contributed by atoms with Gasteiger partial charge in [0.1, 0.15) is 5.82 Å². The van der Waals surface area contributed by atoms with E-state index in [0.29, 0.717) is 18.4 Å². The van der Waals surface area contributed by atoms with Crippen molar-refractivity contribution in [2.75, 3.05) is 18.6 Å². The predicted octanol–water partition coefficient (Wildman–Crippen LogP) is 3.84. The highest BCUT2D eigenvalue weighted by atomic mass is 19.1. The third kappa shape index (κ3) is 3.62. The minimum absolute atomic E-state index is 0.308. The molecule has 0 saturated heterocycles. The number of esters is 1. The molecule has 0 spiro atoms. The second kappa shape index (κ2) is 7.68. The van der Waals surface area contributed by atoms with E-state index >= 15 is 0 Å². The largest absolute Gasteiger partial charge is 0.455 e. The molecule has 0 aliphatic heterocycles.